The molecule has 174 valence electrons. The second-order valence-corrected chi connectivity index (χ2v) is 8.84. The van der Waals surface area contributed by atoms with E-state index < -0.39 is 23.7 Å². The fraction of sp³-hybridized carbons (Fsp3) is 0.440. The van der Waals surface area contributed by atoms with Gasteiger partial charge < -0.3 is 20.5 Å². The molecule has 2 aromatic rings. The van der Waals surface area contributed by atoms with Crippen LogP contribution >= 0.6 is 12.4 Å². The van der Waals surface area contributed by atoms with Gasteiger partial charge in [0, 0.05) is 5.92 Å². The number of benzene rings is 2. The minimum absolute atomic E-state index is 0. The summed E-state index contributed by atoms with van der Waals surface area (Å²) >= 11 is 0. The first kappa shape index (κ1) is 25.7. The first-order valence-electron chi connectivity index (χ1n) is 10.8. The van der Waals surface area contributed by atoms with Crippen LogP contribution in [0.2, 0.25) is 0 Å². The number of hydrogen-bond donors (Lipinski definition) is 2. The molecule has 0 heterocycles. The van der Waals surface area contributed by atoms with Gasteiger partial charge in [0.2, 0.25) is 0 Å². The maximum Gasteiger partial charge on any atom is 0.407 e. The molecule has 6 nitrogen and oxygen atoms in total. The first-order chi connectivity index (χ1) is 14.8. The molecule has 0 fully saturated rings. The van der Waals surface area contributed by atoms with Gasteiger partial charge in [-0.15, -0.1) is 12.4 Å². The Bertz CT molecular complexity index is 881. The summed E-state index contributed by atoms with van der Waals surface area (Å²) in [7, 11) is 0. The summed E-state index contributed by atoms with van der Waals surface area (Å²) in [4.78, 5) is 25.1. The Morgan fingerprint density at radius 1 is 1.00 bits per heavy atom. The van der Waals surface area contributed by atoms with Gasteiger partial charge in [-0.1, -0.05) is 48.5 Å². The molecule has 0 saturated carbocycles. The van der Waals surface area contributed by atoms with Crippen molar-refractivity contribution in [3.8, 4) is 11.1 Å². The maximum atomic E-state index is 12.6. The Balaban J connectivity index is 0.00000363. The average molecular weight is 461 g/mol. The van der Waals surface area contributed by atoms with Crippen molar-refractivity contribution in [2.24, 2.45) is 5.73 Å². The van der Waals surface area contributed by atoms with Crippen molar-refractivity contribution in [3.05, 3.63) is 59.7 Å². The van der Waals surface area contributed by atoms with E-state index in [2.05, 4.69) is 29.6 Å². The zero-order valence-electron chi connectivity index (χ0n) is 18.9. The fourth-order valence-electron chi connectivity index (χ4n) is 3.90. The van der Waals surface area contributed by atoms with Crippen LogP contribution in [0.1, 0.15) is 57.1 Å². The van der Waals surface area contributed by atoms with Crippen LogP contribution in [0.15, 0.2) is 48.5 Å². The molecule has 1 aliphatic rings. The summed E-state index contributed by atoms with van der Waals surface area (Å²) in [5.41, 5.74) is 9.55. The quantitative estimate of drug-likeness (QED) is 0.436. The number of hydrogen-bond acceptors (Lipinski definition) is 5. The SMILES string of the molecule is CC(C)(C)OC(=O)C(CCCCN)NC(=O)OCC1c2ccccc2-c2ccccc21.Cl. The van der Waals surface area contributed by atoms with E-state index in [-0.39, 0.29) is 24.9 Å². The Morgan fingerprint density at radius 3 is 2.09 bits per heavy atom. The van der Waals surface area contributed by atoms with E-state index in [1.165, 1.54) is 11.1 Å². The third-order valence-corrected chi connectivity index (χ3v) is 5.27. The molecule has 3 N–H and O–H groups in total. The summed E-state index contributed by atoms with van der Waals surface area (Å²) in [6.45, 7) is 6.13. The smallest absolute Gasteiger partial charge is 0.407 e. The normalized spacial score (nSPS) is 13.4. The molecule has 1 atom stereocenters. The van der Waals surface area contributed by atoms with Crippen molar-refractivity contribution in [1.29, 1.82) is 0 Å². The Kier molecular flexibility index (Phi) is 9.10. The highest BCUT2D eigenvalue weighted by Gasteiger charge is 2.30. The van der Waals surface area contributed by atoms with Gasteiger partial charge in [0.25, 0.3) is 0 Å². The zero-order valence-corrected chi connectivity index (χ0v) is 19.7. The minimum atomic E-state index is -0.763. The average Bonchev–Trinajstić information content (AvgIpc) is 3.04. The number of carbonyl (C=O) groups excluding carboxylic acids is 2. The van der Waals surface area contributed by atoms with Crippen molar-refractivity contribution in [2.45, 2.75) is 57.6 Å². The van der Waals surface area contributed by atoms with E-state index in [0.717, 1.165) is 17.5 Å². The number of unbranched alkanes of at least 4 members (excludes halogenated alkanes) is 1. The van der Waals surface area contributed by atoms with E-state index in [1.807, 2.05) is 24.3 Å². The molecular weight excluding hydrogens is 428 g/mol. The highest BCUT2D eigenvalue weighted by atomic mass is 35.5. The molecule has 32 heavy (non-hydrogen) atoms. The van der Waals surface area contributed by atoms with Gasteiger partial charge in [-0.25, -0.2) is 9.59 Å². The molecule has 0 bridgehead atoms. The number of ether oxygens (including phenoxy) is 2. The number of alkyl carbamates (subject to hydrolysis) is 1. The van der Waals surface area contributed by atoms with E-state index in [0.29, 0.717) is 19.4 Å². The maximum absolute atomic E-state index is 12.6. The Labute approximate surface area is 196 Å². The van der Waals surface area contributed by atoms with Crippen LogP contribution < -0.4 is 11.1 Å². The number of halogens is 1. The topological polar surface area (TPSA) is 90.6 Å². The van der Waals surface area contributed by atoms with Crippen molar-refractivity contribution < 1.29 is 19.1 Å². The molecule has 0 saturated heterocycles. The standard InChI is InChI=1S/C25H32N2O4.ClH/c1-25(2,3)31-23(28)22(14-8-9-15-26)27-24(29)30-16-21-19-12-6-4-10-17(19)18-11-5-7-13-20(18)21;/h4-7,10-13,21-22H,8-9,14-16,26H2,1-3H3,(H,27,29);1H. The molecule has 3 rings (SSSR count). The van der Waals surface area contributed by atoms with Crippen LogP contribution in [0.25, 0.3) is 11.1 Å². The molecule has 0 aliphatic heterocycles. The van der Waals surface area contributed by atoms with E-state index in [1.54, 1.807) is 20.8 Å². The molecule has 1 unspecified atom stereocenters. The van der Waals surface area contributed by atoms with E-state index in [9.17, 15) is 9.59 Å². The summed E-state index contributed by atoms with van der Waals surface area (Å²) in [6.07, 6.45) is 1.32. The third kappa shape index (κ3) is 6.47. The van der Waals surface area contributed by atoms with Crippen molar-refractivity contribution in [3.63, 3.8) is 0 Å². The van der Waals surface area contributed by atoms with Crippen molar-refractivity contribution in [2.75, 3.05) is 13.2 Å². The molecular formula is C25H33ClN2O4. The molecule has 0 radical (unpaired) electrons. The second kappa shape index (κ2) is 11.3. The molecule has 2 aromatic carbocycles. The van der Waals surface area contributed by atoms with Crippen LogP contribution in [-0.2, 0) is 14.3 Å². The monoisotopic (exact) mass is 460 g/mol. The van der Waals surface area contributed by atoms with Crippen LogP contribution in [0.4, 0.5) is 4.79 Å². The van der Waals surface area contributed by atoms with Crippen LogP contribution in [0.3, 0.4) is 0 Å². The van der Waals surface area contributed by atoms with Crippen molar-refractivity contribution >= 4 is 24.5 Å². The lowest BCUT2D eigenvalue weighted by atomic mass is 9.98. The minimum Gasteiger partial charge on any atom is -0.458 e. The predicted octanol–water partition coefficient (Wildman–Crippen LogP) is 4.79. The van der Waals surface area contributed by atoms with Gasteiger partial charge in [0.05, 0.1) is 0 Å². The first-order valence-corrected chi connectivity index (χ1v) is 10.8. The lowest BCUT2D eigenvalue weighted by Crippen LogP contribution is -2.44. The predicted molar refractivity (Wildman–Crippen MR) is 128 cm³/mol. The fourth-order valence-corrected chi connectivity index (χ4v) is 3.90. The third-order valence-electron chi connectivity index (χ3n) is 5.27. The van der Waals surface area contributed by atoms with E-state index >= 15 is 0 Å². The van der Waals surface area contributed by atoms with Gasteiger partial charge in [0.15, 0.2) is 0 Å². The summed E-state index contributed by atoms with van der Waals surface area (Å²) < 4.78 is 11.0. The van der Waals surface area contributed by atoms with Gasteiger partial charge in [-0.2, -0.15) is 0 Å². The van der Waals surface area contributed by atoms with Crippen molar-refractivity contribution in [1.82, 2.24) is 5.32 Å². The highest BCUT2D eigenvalue weighted by molar-refractivity contribution is 5.85. The van der Waals surface area contributed by atoms with Crippen LogP contribution in [0.5, 0.6) is 0 Å². The zero-order chi connectivity index (χ0) is 22.4. The highest BCUT2D eigenvalue weighted by Crippen LogP contribution is 2.44. The number of fused-ring (bicyclic) bond motifs is 3. The molecule has 1 amide bonds. The summed E-state index contributed by atoms with van der Waals surface area (Å²) in [6, 6.07) is 15.6. The van der Waals surface area contributed by atoms with Crippen LogP contribution in [0, 0.1) is 0 Å². The molecule has 0 spiro atoms. The lowest BCUT2D eigenvalue weighted by Gasteiger charge is -2.24. The largest absolute Gasteiger partial charge is 0.458 e. The van der Waals surface area contributed by atoms with Gasteiger partial charge in [-0.3, -0.25) is 0 Å². The van der Waals surface area contributed by atoms with Crippen LogP contribution in [-0.4, -0.2) is 36.9 Å². The Hall–Kier alpha value is -2.57. The Morgan fingerprint density at radius 2 is 1.56 bits per heavy atom. The number of nitrogens with two attached hydrogens (primary N) is 1. The summed E-state index contributed by atoms with van der Waals surface area (Å²) in [5.74, 6) is -0.492. The molecule has 7 heteroatoms. The van der Waals surface area contributed by atoms with Gasteiger partial charge >= 0.3 is 12.1 Å². The lowest BCUT2D eigenvalue weighted by molar-refractivity contribution is -0.157. The van der Waals surface area contributed by atoms with Gasteiger partial charge in [-0.05, 0) is 68.8 Å². The summed E-state index contributed by atoms with van der Waals surface area (Å²) in [5, 5.41) is 2.69. The van der Waals surface area contributed by atoms with E-state index in [4.69, 9.17) is 15.2 Å². The number of carbonyl (C=O) groups is 2. The number of esters is 1. The van der Waals surface area contributed by atoms with Gasteiger partial charge in [0.1, 0.15) is 18.2 Å². The number of amides is 1. The molecule has 1 aliphatic carbocycles. The number of rotatable bonds is 8. The molecule has 0 aromatic heterocycles. The number of nitrogens with one attached hydrogen (secondary N) is 1. The second-order valence-electron chi connectivity index (χ2n) is 8.84.